The van der Waals surface area contributed by atoms with Gasteiger partial charge < -0.3 is 10.1 Å². The number of anilines is 1. The Kier molecular flexibility index (Phi) is 3.43. The third-order valence-electron chi connectivity index (χ3n) is 4.54. The van der Waals surface area contributed by atoms with E-state index in [4.69, 9.17) is 16.3 Å². The molecule has 24 heavy (non-hydrogen) atoms. The number of halogens is 1. The van der Waals surface area contributed by atoms with Crippen LogP contribution in [-0.4, -0.2) is 11.5 Å². The molecular formula is C20H18ClNO2. The van der Waals surface area contributed by atoms with Crippen LogP contribution >= 0.6 is 11.6 Å². The van der Waals surface area contributed by atoms with Crippen molar-refractivity contribution in [3.8, 4) is 5.75 Å². The molecule has 1 amide bonds. The van der Waals surface area contributed by atoms with Gasteiger partial charge in [0.2, 0.25) is 0 Å². The van der Waals surface area contributed by atoms with Crippen LogP contribution in [0.25, 0.3) is 11.6 Å². The molecule has 0 saturated carbocycles. The number of carbonyl (C=O) groups is 1. The molecule has 0 bridgehead atoms. The van der Waals surface area contributed by atoms with Crippen molar-refractivity contribution in [2.75, 3.05) is 5.32 Å². The molecule has 0 aromatic heterocycles. The fourth-order valence-electron chi connectivity index (χ4n) is 3.24. The second-order valence-corrected chi connectivity index (χ2v) is 7.37. The highest BCUT2D eigenvalue weighted by atomic mass is 35.5. The van der Waals surface area contributed by atoms with Gasteiger partial charge in [0.1, 0.15) is 11.4 Å². The van der Waals surface area contributed by atoms with E-state index in [9.17, 15) is 4.79 Å². The van der Waals surface area contributed by atoms with Crippen LogP contribution in [0, 0.1) is 0 Å². The van der Waals surface area contributed by atoms with Crippen molar-refractivity contribution < 1.29 is 9.53 Å². The molecule has 0 saturated heterocycles. The molecule has 2 aliphatic rings. The fourth-order valence-corrected chi connectivity index (χ4v) is 3.41. The lowest BCUT2D eigenvalue weighted by Gasteiger charge is -2.32. The van der Waals surface area contributed by atoms with Gasteiger partial charge in [-0.05, 0) is 74.2 Å². The molecule has 2 aliphatic heterocycles. The minimum Gasteiger partial charge on any atom is -0.488 e. The van der Waals surface area contributed by atoms with Gasteiger partial charge >= 0.3 is 0 Å². The zero-order valence-corrected chi connectivity index (χ0v) is 14.4. The van der Waals surface area contributed by atoms with Crippen LogP contribution < -0.4 is 10.1 Å². The lowest BCUT2D eigenvalue weighted by atomic mass is 9.93. The Morgan fingerprint density at radius 1 is 1.21 bits per heavy atom. The first-order chi connectivity index (χ1) is 11.4. The highest BCUT2D eigenvalue weighted by molar-refractivity contribution is 6.36. The molecule has 0 atom stereocenters. The quantitative estimate of drug-likeness (QED) is 0.747. The fraction of sp³-hybridized carbons (Fsp3) is 0.250. The molecule has 122 valence electrons. The summed E-state index contributed by atoms with van der Waals surface area (Å²) in [4.78, 5) is 12.3. The van der Waals surface area contributed by atoms with Crippen LogP contribution in [0.5, 0.6) is 5.75 Å². The minimum atomic E-state index is -0.117. The second-order valence-electron chi connectivity index (χ2n) is 6.93. The summed E-state index contributed by atoms with van der Waals surface area (Å²) in [5.41, 5.74) is 4.36. The maximum absolute atomic E-state index is 12.3. The molecule has 0 spiro atoms. The number of carbonyl (C=O) groups excluding carboxylic acids is 1. The number of hydrogen-bond donors (Lipinski definition) is 1. The van der Waals surface area contributed by atoms with Gasteiger partial charge in [-0.2, -0.15) is 0 Å². The molecule has 4 heteroatoms. The third kappa shape index (κ3) is 2.69. The van der Waals surface area contributed by atoms with Crippen molar-refractivity contribution in [3.05, 3.63) is 58.1 Å². The minimum absolute atomic E-state index is 0.0950. The van der Waals surface area contributed by atoms with Crippen molar-refractivity contribution in [3.63, 3.8) is 0 Å². The Morgan fingerprint density at radius 3 is 2.88 bits per heavy atom. The normalized spacial score (nSPS) is 19.5. The van der Waals surface area contributed by atoms with Gasteiger partial charge in [-0.15, -0.1) is 0 Å². The molecule has 3 nitrogen and oxygen atoms in total. The number of nitrogens with one attached hydrogen (secondary N) is 1. The SMILES string of the molecule is CC1(C)CCc2cc(/C=C3/C(=O)Nc4ccc(Cl)cc43)ccc2O1. The van der Waals surface area contributed by atoms with Gasteiger partial charge in [0.15, 0.2) is 0 Å². The van der Waals surface area contributed by atoms with Gasteiger partial charge in [0.05, 0.1) is 0 Å². The van der Waals surface area contributed by atoms with Crippen LogP contribution in [-0.2, 0) is 11.2 Å². The van der Waals surface area contributed by atoms with Crippen LogP contribution in [0.2, 0.25) is 5.02 Å². The molecule has 0 unspecified atom stereocenters. The van der Waals surface area contributed by atoms with Gasteiger partial charge in [0.25, 0.3) is 5.91 Å². The summed E-state index contributed by atoms with van der Waals surface area (Å²) < 4.78 is 6.02. The zero-order valence-electron chi connectivity index (χ0n) is 13.7. The van der Waals surface area contributed by atoms with Gasteiger partial charge in [-0.3, -0.25) is 4.79 Å². The van der Waals surface area contributed by atoms with E-state index in [0.717, 1.165) is 35.4 Å². The standard InChI is InChI=1S/C20H18ClNO2/c1-20(2)8-7-13-9-12(3-6-18(13)24-20)10-16-15-11-14(21)4-5-17(15)22-19(16)23/h3-6,9-11H,7-8H2,1-2H3,(H,22,23)/b16-10+. The first-order valence-corrected chi connectivity index (χ1v) is 8.44. The van der Waals surface area contributed by atoms with E-state index in [1.54, 1.807) is 6.07 Å². The van der Waals surface area contributed by atoms with E-state index >= 15 is 0 Å². The number of rotatable bonds is 1. The Hall–Kier alpha value is -2.26. The summed E-state index contributed by atoms with van der Waals surface area (Å²) >= 11 is 6.08. The number of fused-ring (bicyclic) bond motifs is 2. The summed E-state index contributed by atoms with van der Waals surface area (Å²) in [6.45, 7) is 4.21. The van der Waals surface area contributed by atoms with E-state index < -0.39 is 0 Å². The first kappa shape index (κ1) is 15.3. The van der Waals surface area contributed by atoms with Crippen molar-refractivity contribution in [1.29, 1.82) is 0 Å². The lowest BCUT2D eigenvalue weighted by molar-refractivity contribution is -0.110. The topological polar surface area (TPSA) is 38.3 Å². The van der Waals surface area contributed by atoms with Crippen molar-refractivity contribution in [2.24, 2.45) is 0 Å². The molecule has 0 radical (unpaired) electrons. The molecular weight excluding hydrogens is 322 g/mol. The molecule has 4 rings (SSSR count). The summed E-state index contributed by atoms with van der Waals surface area (Å²) in [6.07, 6.45) is 3.88. The average molecular weight is 340 g/mol. The second kappa shape index (κ2) is 5.38. The molecule has 2 heterocycles. The summed E-state index contributed by atoms with van der Waals surface area (Å²) in [7, 11) is 0. The van der Waals surface area contributed by atoms with E-state index in [-0.39, 0.29) is 11.5 Å². The van der Waals surface area contributed by atoms with Gasteiger partial charge in [-0.1, -0.05) is 17.7 Å². The largest absolute Gasteiger partial charge is 0.488 e. The molecule has 2 aromatic rings. The highest BCUT2D eigenvalue weighted by Crippen LogP contribution is 2.37. The maximum atomic E-state index is 12.3. The number of ether oxygens (including phenoxy) is 1. The summed E-state index contributed by atoms with van der Waals surface area (Å²) in [5.74, 6) is 0.843. The number of benzene rings is 2. The Morgan fingerprint density at radius 2 is 2.04 bits per heavy atom. The van der Waals surface area contributed by atoms with E-state index in [0.29, 0.717) is 10.6 Å². The molecule has 2 aromatic carbocycles. The Balaban J connectivity index is 1.73. The van der Waals surface area contributed by atoms with Crippen molar-refractivity contribution in [2.45, 2.75) is 32.3 Å². The Labute approximate surface area is 146 Å². The number of hydrogen-bond acceptors (Lipinski definition) is 2. The Bertz CT molecular complexity index is 883. The van der Waals surface area contributed by atoms with Crippen LogP contribution in [0.3, 0.4) is 0 Å². The van der Waals surface area contributed by atoms with E-state index in [1.807, 2.05) is 30.3 Å². The summed E-state index contributed by atoms with van der Waals surface area (Å²) in [5, 5.41) is 3.50. The first-order valence-electron chi connectivity index (χ1n) is 8.06. The average Bonchev–Trinajstić information content (AvgIpc) is 2.82. The number of amides is 1. The maximum Gasteiger partial charge on any atom is 0.256 e. The highest BCUT2D eigenvalue weighted by Gasteiger charge is 2.27. The molecule has 0 fully saturated rings. The van der Waals surface area contributed by atoms with Crippen molar-refractivity contribution in [1.82, 2.24) is 0 Å². The zero-order chi connectivity index (χ0) is 16.9. The van der Waals surface area contributed by atoms with Crippen LogP contribution in [0.15, 0.2) is 36.4 Å². The molecule has 0 aliphatic carbocycles. The smallest absolute Gasteiger partial charge is 0.256 e. The van der Waals surface area contributed by atoms with Crippen LogP contribution in [0.4, 0.5) is 5.69 Å². The van der Waals surface area contributed by atoms with Crippen LogP contribution in [0.1, 0.15) is 37.0 Å². The van der Waals surface area contributed by atoms with Gasteiger partial charge in [0, 0.05) is 21.8 Å². The van der Waals surface area contributed by atoms with E-state index in [2.05, 4.69) is 25.2 Å². The monoisotopic (exact) mass is 339 g/mol. The predicted molar refractivity (Wildman–Crippen MR) is 97.4 cm³/mol. The van der Waals surface area contributed by atoms with Gasteiger partial charge in [-0.25, -0.2) is 0 Å². The third-order valence-corrected chi connectivity index (χ3v) is 4.78. The van der Waals surface area contributed by atoms with Crippen molar-refractivity contribution >= 4 is 34.8 Å². The predicted octanol–water partition coefficient (Wildman–Crippen LogP) is 4.94. The summed E-state index contributed by atoms with van der Waals surface area (Å²) in [6, 6.07) is 11.5. The lowest BCUT2D eigenvalue weighted by Crippen LogP contribution is -2.32. The van der Waals surface area contributed by atoms with E-state index in [1.165, 1.54) is 5.56 Å². The molecule has 1 N–H and O–H groups in total. The number of aryl methyl sites for hydroxylation is 1.